The molecule has 0 aliphatic rings. The van der Waals surface area contributed by atoms with Gasteiger partial charge in [-0.3, -0.25) is 4.79 Å². The van der Waals surface area contributed by atoms with Gasteiger partial charge in [0.2, 0.25) is 0 Å². The van der Waals surface area contributed by atoms with Crippen molar-refractivity contribution in [3.63, 3.8) is 0 Å². The van der Waals surface area contributed by atoms with Gasteiger partial charge in [0.25, 0.3) is 0 Å². The summed E-state index contributed by atoms with van der Waals surface area (Å²) in [6.45, 7) is 1.31. The maximum absolute atomic E-state index is 13.6. The minimum absolute atomic E-state index is 0.108. The van der Waals surface area contributed by atoms with Gasteiger partial charge in [-0.25, -0.2) is 8.78 Å². The fourth-order valence-corrected chi connectivity index (χ4v) is 1.71. The summed E-state index contributed by atoms with van der Waals surface area (Å²) in [5.74, 6) is -1.86. The molecule has 1 N–H and O–H groups in total. The lowest BCUT2D eigenvalue weighted by molar-refractivity contribution is 0.101. The van der Waals surface area contributed by atoms with Crippen LogP contribution in [0.5, 0.6) is 5.75 Å². The largest absolute Gasteiger partial charge is 0.507 e. The van der Waals surface area contributed by atoms with Crippen molar-refractivity contribution in [2.24, 2.45) is 0 Å². The first-order chi connectivity index (χ1) is 8.49. The lowest BCUT2D eigenvalue weighted by Crippen LogP contribution is -1.94. The summed E-state index contributed by atoms with van der Waals surface area (Å²) < 4.78 is 26.4. The highest BCUT2D eigenvalue weighted by Crippen LogP contribution is 2.28. The van der Waals surface area contributed by atoms with E-state index in [4.69, 9.17) is 0 Å². The van der Waals surface area contributed by atoms with Gasteiger partial charge in [0, 0.05) is 11.6 Å². The SMILES string of the molecule is CC(=O)c1cc(-c2ccc(F)cc2F)ccc1O. The molecule has 0 bridgehead atoms. The highest BCUT2D eigenvalue weighted by Gasteiger charge is 2.11. The Balaban J connectivity index is 2.58. The van der Waals surface area contributed by atoms with Gasteiger partial charge in [0.1, 0.15) is 17.4 Å². The van der Waals surface area contributed by atoms with Crippen molar-refractivity contribution < 1.29 is 18.7 Å². The second kappa shape index (κ2) is 4.56. The van der Waals surface area contributed by atoms with Gasteiger partial charge in [0.15, 0.2) is 5.78 Å². The molecule has 0 heterocycles. The highest BCUT2D eigenvalue weighted by molar-refractivity contribution is 5.98. The van der Waals surface area contributed by atoms with Gasteiger partial charge in [0.05, 0.1) is 5.56 Å². The molecule has 0 fully saturated rings. The van der Waals surface area contributed by atoms with Crippen molar-refractivity contribution in [2.75, 3.05) is 0 Å². The standard InChI is InChI=1S/C14H10F2O2/c1-8(17)12-6-9(2-5-14(12)18)11-4-3-10(15)7-13(11)16/h2-7,18H,1H3. The molecule has 2 aromatic rings. The zero-order valence-electron chi connectivity index (χ0n) is 9.58. The average Bonchev–Trinajstić information content (AvgIpc) is 2.30. The summed E-state index contributed by atoms with van der Waals surface area (Å²) in [7, 11) is 0. The number of phenolic OH excluding ortho intramolecular Hbond substituents is 1. The molecule has 18 heavy (non-hydrogen) atoms. The van der Waals surface area contributed by atoms with Crippen molar-refractivity contribution in [1.29, 1.82) is 0 Å². The van der Waals surface area contributed by atoms with E-state index < -0.39 is 11.6 Å². The number of aromatic hydroxyl groups is 1. The van der Waals surface area contributed by atoms with Gasteiger partial charge >= 0.3 is 0 Å². The molecule has 0 aliphatic heterocycles. The summed E-state index contributed by atoms with van der Waals surface area (Å²) in [4.78, 5) is 11.3. The van der Waals surface area contributed by atoms with E-state index in [1.807, 2.05) is 0 Å². The van der Waals surface area contributed by atoms with Crippen LogP contribution in [0.3, 0.4) is 0 Å². The van der Waals surface area contributed by atoms with E-state index in [0.29, 0.717) is 5.56 Å². The topological polar surface area (TPSA) is 37.3 Å². The molecule has 0 atom stereocenters. The van der Waals surface area contributed by atoms with Crippen LogP contribution in [-0.2, 0) is 0 Å². The van der Waals surface area contributed by atoms with Gasteiger partial charge < -0.3 is 5.11 Å². The van der Waals surface area contributed by atoms with E-state index >= 15 is 0 Å². The predicted molar refractivity (Wildman–Crippen MR) is 63.5 cm³/mol. The predicted octanol–water partition coefficient (Wildman–Crippen LogP) is 3.54. The Morgan fingerprint density at radius 1 is 1.11 bits per heavy atom. The smallest absolute Gasteiger partial charge is 0.163 e. The van der Waals surface area contributed by atoms with Crippen LogP contribution in [0.15, 0.2) is 36.4 Å². The van der Waals surface area contributed by atoms with Crippen molar-refractivity contribution in [3.8, 4) is 16.9 Å². The van der Waals surface area contributed by atoms with E-state index in [1.165, 1.54) is 31.2 Å². The summed E-state index contributed by atoms with van der Waals surface area (Å²) in [6.07, 6.45) is 0. The molecular weight excluding hydrogens is 238 g/mol. The number of carbonyl (C=O) groups excluding carboxylic acids is 1. The fraction of sp³-hybridized carbons (Fsp3) is 0.0714. The van der Waals surface area contributed by atoms with Crippen LogP contribution in [0.2, 0.25) is 0 Å². The molecule has 0 saturated carbocycles. The Morgan fingerprint density at radius 2 is 1.83 bits per heavy atom. The van der Waals surface area contributed by atoms with Gasteiger partial charge in [-0.05, 0) is 36.8 Å². The van der Waals surface area contributed by atoms with Crippen LogP contribution in [-0.4, -0.2) is 10.9 Å². The Kier molecular flexibility index (Phi) is 3.10. The van der Waals surface area contributed by atoms with E-state index in [-0.39, 0.29) is 22.7 Å². The third-order valence-electron chi connectivity index (χ3n) is 2.62. The summed E-state index contributed by atoms with van der Waals surface area (Å²) in [5.41, 5.74) is 0.700. The van der Waals surface area contributed by atoms with Crippen LogP contribution in [0.4, 0.5) is 8.78 Å². The summed E-state index contributed by atoms with van der Waals surface area (Å²) in [6, 6.07) is 7.37. The third kappa shape index (κ3) is 2.22. The normalized spacial score (nSPS) is 10.4. The zero-order chi connectivity index (χ0) is 13.3. The van der Waals surface area contributed by atoms with Crippen molar-refractivity contribution in [3.05, 3.63) is 53.6 Å². The maximum atomic E-state index is 13.6. The second-order valence-corrected chi connectivity index (χ2v) is 3.91. The molecule has 0 aromatic heterocycles. The van der Waals surface area contributed by atoms with Crippen LogP contribution >= 0.6 is 0 Å². The molecule has 2 nitrogen and oxygen atoms in total. The first kappa shape index (κ1) is 12.2. The monoisotopic (exact) mass is 248 g/mol. The van der Waals surface area contributed by atoms with E-state index in [9.17, 15) is 18.7 Å². The van der Waals surface area contributed by atoms with Crippen LogP contribution < -0.4 is 0 Å². The van der Waals surface area contributed by atoms with E-state index in [2.05, 4.69) is 0 Å². The Labute approximate surface area is 103 Å². The highest BCUT2D eigenvalue weighted by atomic mass is 19.1. The number of rotatable bonds is 2. The molecule has 0 spiro atoms. The first-order valence-corrected chi connectivity index (χ1v) is 5.28. The van der Waals surface area contributed by atoms with E-state index in [1.54, 1.807) is 0 Å². The minimum atomic E-state index is -0.713. The molecule has 0 unspecified atom stereocenters. The average molecular weight is 248 g/mol. The number of phenols is 1. The third-order valence-corrected chi connectivity index (χ3v) is 2.62. The van der Waals surface area contributed by atoms with E-state index in [0.717, 1.165) is 12.1 Å². The number of hydrogen-bond donors (Lipinski definition) is 1. The number of hydrogen-bond acceptors (Lipinski definition) is 2. The second-order valence-electron chi connectivity index (χ2n) is 3.91. The lowest BCUT2D eigenvalue weighted by Gasteiger charge is -2.07. The summed E-state index contributed by atoms with van der Waals surface area (Å²) in [5, 5.41) is 9.49. The lowest BCUT2D eigenvalue weighted by atomic mass is 10.0. The van der Waals surface area contributed by atoms with Crippen molar-refractivity contribution in [1.82, 2.24) is 0 Å². The maximum Gasteiger partial charge on any atom is 0.163 e. The van der Waals surface area contributed by atoms with Crippen LogP contribution in [0, 0.1) is 11.6 Å². The number of benzene rings is 2. The number of halogens is 2. The Bertz CT molecular complexity index is 621. The van der Waals surface area contributed by atoms with Crippen molar-refractivity contribution >= 4 is 5.78 Å². The van der Waals surface area contributed by atoms with Gasteiger partial charge in [-0.2, -0.15) is 0 Å². The molecule has 4 heteroatoms. The number of Topliss-reactive ketones (excluding diaryl/α,β-unsaturated/α-hetero) is 1. The Hall–Kier alpha value is -2.23. The Morgan fingerprint density at radius 3 is 2.44 bits per heavy atom. The van der Waals surface area contributed by atoms with Crippen LogP contribution in [0.1, 0.15) is 17.3 Å². The molecule has 0 amide bonds. The van der Waals surface area contributed by atoms with Gasteiger partial charge in [-0.1, -0.05) is 6.07 Å². The number of carbonyl (C=O) groups is 1. The molecule has 0 radical (unpaired) electrons. The first-order valence-electron chi connectivity index (χ1n) is 5.28. The number of ketones is 1. The fourth-order valence-electron chi connectivity index (χ4n) is 1.71. The molecular formula is C14H10F2O2. The molecule has 2 rings (SSSR count). The minimum Gasteiger partial charge on any atom is -0.507 e. The molecule has 0 saturated heterocycles. The van der Waals surface area contributed by atoms with Crippen LogP contribution in [0.25, 0.3) is 11.1 Å². The molecule has 0 aliphatic carbocycles. The molecule has 92 valence electrons. The zero-order valence-corrected chi connectivity index (χ0v) is 9.58. The summed E-state index contributed by atoms with van der Waals surface area (Å²) >= 11 is 0. The molecule has 2 aromatic carbocycles. The van der Waals surface area contributed by atoms with Crippen molar-refractivity contribution in [2.45, 2.75) is 6.92 Å². The quantitative estimate of drug-likeness (QED) is 0.825. The van der Waals surface area contributed by atoms with Gasteiger partial charge in [-0.15, -0.1) is 0 Å².